The van der Waals surface area contributed by atoms with Crippen molar-refractivity contribution in [2.75, 3.05) is 6.54 Å². The van der Waals surface area contributed by atoms with Gasteiger partial charge in [0.25, 0.3) is 0 Å². The first-order valence-corrected chi connectivity index (χ1v) is 10.1. The van der Waals surface area contributed by atoms with Gasteiger partial charge in [-0.05, 0) is 84.1 Å². The van der Waals surface area contributed by atoms with Crippen LogP contribution in [0, 0.1) is 9.49 Å². The Morgan fingerprint density at radius 3 is 2.20 bits per heavy atom. The van der Waals surface area contributed by atoms with E-state index in [-0.39, 0.29) is 0 Å². The molecule has 1 aliphatic carbocycles. The molecule has 0 aliphatic heterocycles. The van der Waals surface area contributed by atoms with Crippen molar-refractivity contribution in [2.24, 2.45) is 5.92 Å². The summed E-state index contributed by atoms with van der Waals surface area (Å²) in [5.74, 6) is 1.07. The molecule has 25 heavy (non-hydrogen) atoms. The van der Waals surface area contributed by atoms with Gasteiger partial charge in [0.1, 0.15) is 11.5 Å². The highest BCUT2D eigenvalue weighted by molar-refractivity contribution is 14.1. The Bertz CT molecular complexity index is 729. The quantitative estimate of drug-likeness (QED) is 0.511. The molecule has 0 fully saturated rings. The van der Waals surface area contributed by atoms with Gasteiger partial charge >= 0.3 is 0 Å². The van der Waals surface area contributed by atoms with Crippen LogP contribution in [0.3, 0.4) is 0 Å². The minimum absolute atomic E-state index is 0.315. The van der Waals surface area contributed by atoms with Gasteiger partial charge in [-0.2, -0.15) is 0 Å². The van der Waals surface area contributed by atoms with Gasteiger partial charge < -0.3 is 10.2 Å². The van der Waals surface area contributed by atoms with Gasteiger partial charge in [-0.25, -0.2) is 0 Å². The van der Waals surface area contributed by atoms with Crippen LogP contribution in [0.25, 0.3) is 0 Å². The summed E-state index contributed by atoms with van der Waals surface area (Å²) in [7, 11) is 0. The molecule has 0 heterocycles. The van der Waals surface area contributed by atoms with Crippen molar-refractivity contribution in [3.8, 4) is 11.5 Å². The Kier molecular flexibility index (Phi) is 5.89. The average molecular weight is 451 g/mol. The first kappa shape index (κ1) is 18.5. The van der Waals surface area contributed by atoms with Crippen molar-refractivity contribution in [3.05, 3.63) is 56.7 Å². The van der Waals surface area contributed by atoms with Crippen LogP contribution < -0.4 is 0 Å². The number of phenolic OH excluding ortho intramolecular Hbond substituents is 2. The fourth-order valence-electron chi connectivity index (χ4n) is 3.95. The predicted molar refractivity (Wildman–Crippen MR) is 110 cm³/mol. The van der Waals surface area contributed by atoms with Crippen molar-refractivity contribution in [3.63, 3.8) is 0 Å². The Hall–Kier alpha value is -1.27. The van der Waals surface area contributed by atoms with Gasteiger partial charge in [-0.3, -0.25) is 4.90 Å². The second-order valence-corrected chi connectivity index (χ2v) is 8.36. The largest absolute Gasteiger partial charge is 0.508 e. The minimum atomic E-state index is 0.315. The molecule has 2 N–H and O–H groups in total. The van der Waals surface area contributed by atoms with Crippen LogP contribution in [0.2, 0.25) is 0 Å². The maximum atomic E-state index is 10.3. The summed E-state index contributed by atoms with van der Waals surface area (Å²) in [6, 6.07) is 12.3. The fraction of sp³-hybridized carbons (Fsp3) is 0.429. The number of hydrogen-bond acceptors (Lipinski definition) is 3. The molecule has 0 aromatic heterocycles. The first-order valence-electron chi connectivity index (χ1n) is 9.00. The molecular formula is C21H26INO2. The highest BCUT2D eigenvalue weighted by Gasteiger charge is 2.32. The molecule has 0 spiro atoms. The predicted octanol–water partition coefficient (Wildman–Crippen LogP) is 4.72. The van der Waals surface area contributed by atoms with Crippen molar-refractivity contribution < 1.29 is 10.2 Å². The average Bonchev–Trinajstić information content (AvgIpc) is 2.59. The third-order valence-corrected chi connectivity index (χ3v) is 5.98. The molecule has 1 aliphatic rings. The van der Waals surface area contributed by atoms with Gasteiger partial charge in [-0.15, -0.1) is 0 Å². The van der Waals surface area contributed by atoms with E-state index < -0.39 is 0 Å². The monoisotopic (exact) mass is 451 g/mol. The maximum absolute atomic E-state index is 10.3. The maximum Gasteiger partial charge on any atom is 0.119 e. The van der Waals surface area contributed by atoms with Crippen LogP contribution in [0.5, 0.6) is 11.5 Å². The van der Waals surface area contributed by atoms with Crippen molar-refractivity contribution in [1.29, 1.82) is 0 Å². The van der Waals surface area contributed by atoms with Gasteiger partial charge in [-0.1, -0.05) is 26.0 Å². The summed E-state index contributed by atoms with van der Waals surface area (Å²) in [6.45, 7) is 6.43. The van der Waals surface area contributed by atoms with Crippen molar-refractivity contribution in [1.82, 2.24) is 4.90 Å². The molecule has 0 radical (unpaired) electrons. The van der Waals surface area contributed by atoms with Gasteiger partial charge in [0.05, 0.1) is 0 Å². The zero-order valence-corrected chi connectivity index (χ0v) is 17.0. The summed E-state index contributed by atoms with van der Waals surface area (Å²) < 4.78 is 1.25. The molecule has 0 amide bonds. The van der Waals surface area contributed by atoms with E-state index in [0.29, 0.717) is 23.5 Å². The zero-order valence-electron chi connectivity index (χ0n) is 14.9. The summed E-state index contributed by atoms with van der Waals surface area (Å²) in [4.78, 5) is 2.54. The number of fused-ring (bicyclic) bond motifs is 1. The molecule has 0 saturated heterocycles. The van der Waals surface area contributed by atoms with Crippen LogP contribution in [-0.4, -0.2) is 27.7 Å². The van der Waals surface area contributed by atoms with E-state index in [2.05, 4.69) is 65.6 Å². The summed E-state index contributed by atoms with van der Waals surface area (Å²) >= 11 is 2.34. The van der Waals surface area contributed by atoms with Crippen molar-refractivity contribution >= 4 is 22.6 Å². The summed E-state index contributed by atoms with van der Waals surface area (Å²) in [6.07, 6.45) is 2.71. The number of rotatable bonds is 5. The van der Waals surface area contributed by atoms with Crippen LogP contribution in [0.1, 0.15) is 37.0 Å². The number of phenols is 2. The molecule has 134 valence electrons. The molecule has 4 heteroatoms. The fourth-order valence-corrected chi connectivity index (χ4v) is 4.31. The second kappa shape index (κ2) is 7.96. The highest BCUT2D eigenvalue weighted by Crippen LogP contribution is 2.38. The minimum Gasteiger partial charge on any atom is -0.508 e. The third kappa shape index (κ3) is 4.11. The van der Waals surface area contributed by atoms with Crippen LogP contribution >= 0.6 is 22.6 Å². The van der Waals surface area contributed by atoms with Gasteiger partial charge in [0, 0.05) is 27.3 Å². The number of hydrogen-bond donors (Lipinski definition) is 2. The number of nitrogens with zero attached hydrogens (tertiary/aromatic N) is 1. The summed E-state index contributed by atoms with van der Waals surface area (Å²) in [5, 5.41) is 20.4. The van der Waals surface area contributed by atoms with Gasteiger partial charge in [0.15, 0.2) is 0 Å². The molecule has 2 unspecified atom stereocenters. The molecule has 0 saturated carbocycles. The first-order chi connectivity index (χ1) is 12.0. The molecule has 2 aromatic carbocycles. The zero-order chi connectivity index (χ0) is 18.0. The Morgan fingerprint density at radius 1 is 1.00 bits per heavy atom. The van der Waals surface area contributed by atoms with E-state index in [1.807, 2.05) is 0 Å². The molecule has 3 nitrogen and oxygen atoms in total. The number of benzene rings is 2. The lowest BCUT2D eigenvalue weighted by Crippen LogP contribution is -2.44. The van der Waals surface area contributed by atoms with Crippen molar-refractivity contribution in [2.45, 2.75) is 45.7 Å². The molecule has 3 rings (SSSR count). The van der Waals surface area contributed by atoms with E-state index in [1.165, 1.54) is 9.13 Å². The lowest BCUT2D eigenvalue weighted by atomic mass is 9.79. The molecule has 2 aromatic rings. The van der Waals surface area contributed by atoms with Crippen LogP contribution in [0.4, 0.5) is 0 Å². The summed E-state index contributed by atoms with van der Waals surface area (Å²) in [5.41, 5.74) is 3.17. The lowest BCUT2D eigenvalue weighted by molar-refractivity contribution is 0.129. The lowest BCUT2D eigenvalue weighted by Gasteiger charge is -2.40. The third-order valence-electron chi connectivity index (χ3n) is 5.26. The standard InChI is InChI=1S/C21H26INO2/c1-3-10-23(13-15-4-6-16(22)7-5-15)19-12-18-17(11-14(19)2)20(24)8-9-21(18)25/h4-9,14,19,24-25H,3,10-13H2,1-2H3. The van der Waals surface area contributed by atoms with Crippen LogP contribution in [-0.2, 0) is 19.4 Å². The molecular weight excluding hydrogens is 425 g/mol. The Labute approximate surface area is 163 Å². The Balaban J connectivity index is 1.86. The van der Waals surface area contributed by atoms with E-state index in [4.69, 9.17) is 0 Å². The smallest absolute Gasteiger partial charge is 0.119 e. The molecule has 2 atom stereocenters. The molecule has 0 bridgehead atoms. The second-order valence-electron chi connectivity index (χ2n) is 7.11. The van der Waals surface area contributed by atoms with E-state index in [9.17, 15) is 10.2 Å². The van der Waals surface area contributed by atoms with E-state index in [0.717, 1.165) is 43.5 Å². The van der Waals surface area contributed by atoms with Gasteiger partial charge in [0.2, 0.25) is 0 Å². The van der Waals surface area contributed by atoms with Crippen LogP contribution in [0.15, 0.2) is 36.4 Å². The van der Waals surface area contributed by atoms with E-state index in [1.54, 1.807) is 12.1 Å². The topological polar surface area (TPSA) is 43.7 Å². The van der Waals surface area contributed by atoms with E-state index >= 15 is 0 Å². The number of halogens is 1. The SMILES string of the molecule is CCCN(Cc1ccc(I)cc1)C1Cc2c(O)ccc(O)c2CC1C. The number of aromatic hydroxyl groups is 2. The normalized spacial score (nSPS) is 19.8. The highest BCUT2D eigenvalue weighted by atomic mass is 127. The Morgan fingerprint density at radius 2 is 1.60 bits per heavy atom.